The van der Waals surface area contributed by atoms with Crippen molar-refractivity contribution >= 4 is 41.6 Å². The van der Waals surface area contributed by atoms with Crippen LogP contribution in [0.3, 0.4) is 0 Å². The van der Waals surface area contributed by atoms with E-state index in [2.05, 4.69) is 4.98 Å². The van der Waals surface area contributed by atoms with Gasteiger partial charge >= 0.3 is 0 Å². The second-order valence-electron chi connectivity index (χ2n) is 4.69. The van der Waals surface area contributed by atoms with Crippen molar-refractivity contribution in [2.75, 3.05) is 13.1 Å². The summed E-state index contributed by atoms with van der Waals surface area (Å²) in [6, 6.07) is 11.6. The van der Waals surface area contributed by atoms with Crippen LogP contribution in [0.1, 0.15) is 16.9 Å². The topological polar surface area (TPSA) is 59.2 Å². The van der Waals surface area contributed by atoms with Crippen LogP contribution >= 0.6 is 24.8 Å². The quantitative estimate of drug-likeness (QED) is 0.878. The van der Waals surface area contributed by atoms with Crippen molar-refractivity contribution < 1.29 is 4.79 Å². The third-order valence-electron chi connectivity index (χ3n) is 3.33. The molecule has 2 aromatic rings. The van der Waals surface area contributed by atoms with E-state index in [0.29, 0.717) is 12.2 Å². The van der Waals surface area contributed by atoms with Gasteiger partial charge in [0.25, 0.3) is 5.91 Å². The average molecular weight is 314 g/mol. The molecule has 1 aliphatic rings. The number of para-hydroxylation sites is 1. The maximum absolute atomic E-state index is 12.2. The van der Waals surface area contributed by atoms with Gasteiger partial charge in [-0.3, -0.25) is 4.79 Å². The number of amides is 1. The van der Waals surface area contributed by atoms with Crippen molar-refractivity contribution in [1.82, 2.24) is 9.88 Å². The van der Waals surface area contributed by atoms with E-state index in [1.165, 1.54) is 0 Å². The second-order valence-corrected chi connectivity index (χ2v) is 4.69. The Morgan fingerprint density at radius 1 is 1.20 bits per heavy atom. The van der Waals surface area contributed by atoms with Gasteiger partial charge in [0.1, 0.15) is 5.69 Å². The van der Waals surface area contributed by atoms with E-state index in [0.717, 1.165) is 23.9 Å². The van der Waals surface area contributed by atoms with Crippen LogP contribution in [0.15, 0.2) is 36.4 Å². The fourth-order valence-corrected chi connectivity index (χ4v) is 2.32. The molecular formula is C14H17Cl2N3O. The molecule has 20 heavy (non-hydrogen) atoms. The number of carbonyl (C=O) groups is 1. The number of hydrogen-bond acceptors (Lipinski definition) is 3. The highest BCUT2D eigenvalue weighted by atomic mass is 35.5. The molecule has 2 N–H and O–H groups in total. The van der Waals surface area contributed by atoms with Crippen molar-refractivity contribution in [3.05, 3.63) is 42.1 Å². The van der Waals surface area contributed by atoms with Crippen LogP contribution < -0.4 is 5.73 Å². The zero-order valence-corrected chi connectivity index (χ0v) is 12.5. The number of halogens is 2. The number of aromatic nitrogens is 1. The molecule has 1 amide bonds. The van der Waals surface area contributed by atoms with E-state index >= 15 is 0 Å². The number of fused-ring (bicyclic) bond motifs is 1. The monoisotopic (exact) mass is 313 g/mol. The first kappa shape index (κ1) is 16.7. The number of hydrogen-bond donors (Lipinski definition) is 1. The van der Waals surface area contributed by atoms with Crippen molar-refractivity contribution in [2.24, 2.45) is 5.73 Å². The number of benzene rings is 1. The number of rotatable bonds is 1. The third-order valence-corrected chi connectivity index (χ3v) is 3.33. The number of pyridine rings is 1. The predicted molar refractivity (Wildman–Crippen MR) is 84.7 cm³/mol. The van der Waals surface area contributed by atoms with E-state index < -0.39 is 0 Å². The SMILES string of the molecule is Cl.Cl.N[C@H]1CCN(C(=O)c2ccc3ccccc3n2)C1. The van der Waals surface area contributed by atoms with E-state index in [4.69, 9.17) is 5.73 Å². The highest BCUT2D eigenvalue weighted by Crippen LogP contribution is 2.15. The minimum Gasteiger partial charge on any atom is -0.336 e. The van der Waals surface area contributed by atoms with Gasteiger partial charge in [-0.15, -0.1) is 24.8 Å². The Bertz CT molecular complexity index is 606. The van der Waals surface area contributed by atoms with E-state index in [-0.39, 0.29) is 36.8 Å². The highest BCUT2D eigenvalue weighted by Gasteiger charge is 2.25. The van der Waals surface area contributed by atoms with Gasteiger partial charge in [-0.25, -0.2) is 4.98 Å². The lowest BCUT2D eigenvalue weighted by atomic mass is 10.2. The Labute approximate surface area is 130 Å². The van der Waals surface area contributed by atoms with Gasteiger partial charge in [0, 0.05) is 24.5 Å². The average Bonchev–Trinajstić information content (AvgIpc) is 2.84. The normalized spacial score (nSPS) is 17.4. The number of carbonyl (C=O) groups excluding carboxylic acids is 1. The number of nitrogens with two attached hydrogens (primary N) is 1. The lowest BCUT2D eigenvalue weighted by molar-refractivity contribution is 0.0785. The minimum atomic E-state index is -0.0197. The number of nitrogens with zero attached hydrogens (tertiary/aromatic N) is 2. The van der Waals surface area contributed by atoms with Crippen molar-refractivity contribution in [3.8, 4) is 0 Å². The Balaban J connectivity index is 0.000001000. The van der Waals surface area contributed by atoms with Gasteiger partial charge < -0.3 is 10.6 Å². The van der Waals surface area contributed by atoms with Crippen LogP contribution in [-0.2, 0) is 0 Å². The first-order valence-corrected chi connectivity index (χ1v) is 6.15. The molecule has 0 spiro atoms. The minimum absolute atomic E-state index is 0. The Morgan fingerprint density at radius 3 is 2.65 bits per heavy atom. The standard InChI is InChI=1S/C14H15N3O.2ClH/c15-11-7-8-17(9-11)14(18)13-6-5-10-3-1-2-4-12(10)16-13;;/h1-6,11H,7-9,15H2;2*1H/t11-;;/m0../s1. The summed E-state index contributed by atoms with van der Waals surface area (Å²) in [5.74, 6) is -0.0197. The molecule has 1 fully saturated rings. The summed E-state index contributed by atoms with van der Waals surface area (Å²) in [4.78, 5) is 18.4. The molecule has 108 valence electrons. The summed E-state index contributed by atoms with van der Waals surface area (Å²) in [6.45, 7) is 1.36. The Kier molecular flexibility index (Phi) is 5.74. The van der Waals surface area contributed by atoms with Crippen LogP contribution in [0.4, 0.5) is 0 Å². The van der Waals surface area contributed by atoms with Crippen LogP contribution in [0.2, 0.25) is 0 Å². The Morgan fingerprint density at radius 2 is 1.95 bits per heavy atom. The molecule has 4 nitrogen and oxygen atoms in total. The summed E-state index contributed by atoms with van der Waals surface area (Å²) < 4.78 is 0. The smallest absolute Gasteiger partial charge is 0.272 e. The molecular weight excluding hydrogens is 297 g/mol. The van der Waals surface area contributed by atoms with E-state index in [9.17, 15) is 4.79 Å². The molecule has 0 radical (unpaired) electrons. The molecule has 1 aromatic carbocycles. The van der Waals surface area contributed by atoms with Gasteiger partial charge in [-0.2, -0.15) is 0 Å². The fraction of sp³-hybridized carbons (Fsp3) is 0.286. The third kappa shape index (κ3) is 3.20. The van der Waals surface area contributed by atoms with Gasteiger partial charge in [-0.1, -0.05) is 24.3 Å². The second kappa shape index (κ2) is 6.88. The summed E-state index contributed by atoms with van der Waals surface area (Å²) in [5.41, 5.74) is 7.17. The highest BCUT2D eigenvalue weighted by molar-refractivity contribution is 5.95. The molecule has 0 saturated carbocycles. The first-order chi connectivity index (χ1) is 8.74. The summed E-state index contributed by atoms with van der Waals surface area (Å²) >= 11 is 0. The fourth-order valence-electron chi connectivity index (χ4n) is 2.32. The largest absolute Gasteiger partial charge is 0.336 e. The molecule has 0 unspecified atom stereocenters. The lowest BCUT2D eigenvalue weighted by Crippen LogP contribution is -2.32. The lowest BCUT2D eigenvalue weighted by Gasteiger charge is -2.15. The summed E-state index contributed by atoms with van der Waals surface area (Å²) in [6.07, 6.45) is 0.874. The van der Waals surface area contributed by atoms with Crippen molar-refractivity contribution in [2.45, 2.75) is 12.5 Å². The van der Waals surface area contributed by atoms with E-state index in [1.807, 2.05) is 30.3 Å². The molecule has 1 saturated heterocycles. The molecule has 6 heteroatoms. The van der Waals surface area contributed by atoms with Gasteiger partial charge in [0.2, 0.25) is 0 Å². The molecule has 2 heterocycles. The first-order valence-electron chi connectivity index (χ1n) is 6.15. The molecule has 3 rings (SSSR count). The van der Waals surface area contributed by atoms with Gasteiger partial charge in [-0.05, 0) is 18.6 Å². The molecule has 1 aliphatic heterocycles. The van der Waals surface area contributed by atoms with Gasteiger partial charge in [0.05, 0.1) is 5.52 Å². The van der Waals surface area contributed by atoms with Gasteiger partial charge in [0.15, 0.2) is 0 Å². The Hall–Kier alpha value is -1.36. The zero-order valence-electron chi connectivity index (χ0n) is 10.9. The maximum atomic E-state index is 12.2. The molecule has 0 bridgehead atoms. The van der Waals surface area contributed by atoms with Crippen LogP contribution in [0.25, 0.3) is 10.9 Å². The van der Waals surface area contributed by atoms with E-state index in [1.54, 1.807) is 11.0 Å². The number of likely N-dealkylation sites (tertiary alicyclic amines) is 1. The van der Waals surface area contributed by atoms with Crippen molar-refractivity contribution in [3.63, 3.8) is 0 Å². The maximum Gasteiger partial charge on any atom is 0.272 e. The zero-order chi connectivity index (χ0) is 12.5. The molecule has 1 atom stereocenters. The van der Waals surface area contributed by atoms with Crippen molar-refractivity contribution in [1.29, 1.82) is 0 Å². The van der Waals surface area contributed by atoms with Crippen LogP contribution in [0.5, 0.6) is 0 Å². The summed E-state index contributed by atoms with van der Waals surface area (Å²) in [5, 5.41) is 1.05. The molecule has 1 aromatic heterocycles. The predicted octanol–water partition coefficient (Wildman–Crippen LogP) is 2.25. The molecule has 0 aliphatic carbocycles. The summed E-state index contributed by atoms with van der Waals surface area (Å²) in [7, 11) is 0. The van der Waals surface area contributed by atoms with Crippen LogP contribution in [-0.4, -0.2) is 34.9 Å². The van der Waals surface area contributed by atoms with Crippen LogP contribution in [0, 0.1) is 0 Å².